The molecule has 0 amide bonds. The summed E-state index contributed by atoms with van der Waals surface area (Å²) in [6, 6.07) is 0. The van der Waals surface area contributed by atoms with Gasteiger partial charge in [-0.1, -0.05) is 45.4 Å². The summed E-state index contributed by atoms with van der Waals surface area (Å²) < 4.78 is 10.3. The van der Waals surface area contributed by atoms with E-state index in [2.05, 4.69) is 51.5 Å². The molecule has 3 fully saturated rings. The molecule has 5 aliphatic carbocycles. The smallest absolute Gasteiger partial charge is 0.343 e. The Morgan fingerprint density at radius 3 is 2.42 bits per heavy atom. The number of ether oxygens (including phenoxy) is 2. The van der Waals surface area contributed by atoms with Crippen molar-refractivity contribution in [2.45, 2.75) is 92.0 Å². The summed E-state index contributed by atoms with van der Waals surface area (Å²) >= 11 is 0. The van der Waals surface area contributed by atoms with Gasteiger partial charge in [0.1, 0.15) is 0 Å². The van der Waals surface area contributed by atoms with Crippen molar-refractivity contribution in [3.63, 3.8) is 0 Å². The lowest BCUT2D eigenvalue weighted by atomic mass is 9.35. The summed E-state index contributed by atoms with van der Waals surface area (Å²) in [6.45, 7) is 13.8. The highest BCUT2D eigenvalue weighted by Crippen LogP contribution is 2.74. The van der Waals surface area contributed by atoms with Crippen LogP contribution in [0.15, 0.2) is 46.3 Å². The van der Waals surface area contributed by atoms with Crippen LogP contribution >= 0.6 is 0 Å². The van der Waals surface area contributed by atoms with E-state index in [0.29, 0.717) is 11.3 Å². The van der Waals surface area contributed by atoms with Gasteiger partial charge in [0.05, 0.1) is 7.11 Å². The Kier molecular flexibility index (Phi) is 5.62. The molecule has 0 radical (unpaired) electrons. The zero-order valence-electron chi connectivity index (χ0n) is 23.2. The average molecular weight is 494 g/mol. The average Bonchev–Trinajstić information content (AvgIpc) is 2.82. The Morgan fingerprint density at radius 1 is 1.03 bits per heavy atom. The predicted octanol–water partition coefficient (Wildman–Crippen LogP) is 5.96. The predicted molar refractivity (Wildman–Crippen MR) is 141 cm³/mol. The van der Waals surface area contributed by atoms with Crippen molar-refractivity contribution in [2.24, 2.45) is 33.3 Å². The molecule has 5 rings (SSSR count). The minimum atomic E-state index is -0.496. The Labute approximate surface area is 216 Å². The van der Waals surface area contributed by atoms with E-state index in [1.165, 1.54) is 31.9 Å². The van der Waals surface area contributed by atoms with Crippen LogP contribution in [0.2, 0.25) is 0 Å². The van der Waals surface area contributed by atoms with Crippen LogP contribution in [0.25, 0.3) is 0 Å². The van der Waals surface area contributed by atoms with Crippen molar-refractivity contribution in [1.29, 1.82) is 0 Å². The highest BCUT2D eigenvalue weighted by molar-refractivity contribution is 6.07. The summed E-state index contributed by atoms with van der Waals surface area (Å²) in [6.07, 6.45) is 14.3. The molecule has 0 aromatic carbocycles. The maximum atomic E-state index is 13.2. The van der Waals surface area contributed by atoms with Crippen LogP contribution in [0.3, 0.4) is 0 Å². The first kappa shape index (κ1) is 25.5. The molecule has 5 nitrogen and oxygen atoms in total. The molecule has 0 aromatic heterocycles. The molecule has 5 heteroatoms. The highest BCUT2D eigenvalue weighted by Gasteiger charge is 2.66. The van der Waals surface area contributed by atoms with Crippen LogP contribution in [0.5, 0.6) is 0 Å². The second kappa shape index (κ2) is 7.93. The van der Waals surface area contributed by atoms with E-state index >= 15 is 0 Å². The van der Waals surface area contributed by atoms with Crippen molar-refractivity contribution in [3.05, 3.63) is 46.3 Å². The summed E-state index contributed by atoms with van der Waals surface area (Å²) in [4.78, 5) is 24.9. The van der Waals surface area contributed by atoms with E-state index in [-0.39, 0.29) is 39.9 Å². The molecule has 0 saturated heterocycles. The topological polar surface area (TPSA) is 78.6 Å². The van der Waals surface area contributed by atoms with Crippen molar-refractivity contribution < 1.29 is 19.1 Å². The van der Waals surface area contributed by atoms with Crippen molar-refractivity contribution >= 4 is 11.8 Å². The number of esters is 1. The van der Waals surface area contributed by atoms with Crippen LogP contribution in [0.4, 0.5) is 0 Å². The molecule has 2 N–H and O–H groups in total. The van der Waals surface area contributed by atoms with Gasteiger partial charge >= 0.3 is 5.97 Å². The van der Waals surface area contributed by atoms with Gasteiger partial charge < -0.3 is 15.2 Å². The summed E-state index contributed by atoms with van der Waals surface area (Å²) in [5.41, 5.74) is 11.5. The quantitative estimate of drug-likeness (QED) is 0.491. The molecule has 0 unspecified atom stereocenters. The van der Waals surface area contributed by atoms with Gasteiger partial charge in [0.15, 0.2) is 12.4 Å². The third-order valence-electron chi connectivity index (χ3n) is 11.4. The monoisotopic (exact) mass is 493 g/mol. The van der Waals surface area contributed by atoms with Gasteiger partial charge in [-0.15, -0.1) is 0 Å². The van der Waals surface area contributed by atoms with E-state index in [9.17, 15) is 9.59 Å². The van der Waals surface area contributed by atoms with E-state index in [1.54, 1.807) is 6.08 Å². The lowest BCUT2D eigenvalue weighted by Gasteiger charge is -2.70. The molecule has 0 aliphatic heterocycles. The minimum absolute atomic E-state index is 0.0444. The summed E-state index contributed by atoms with van der Waals surface area (Å²) in [7, 11) is 1.32. The van der Waals surface area contributed by atoms with Crippen LogP contribution in [-0.4, -0.2) is 31.0 Å². The fraction of sp³-hybridized carbons (Fsp3) is 0.677. The van der Waals surface area contributed by atoms with Gasteiger partial charge in [-0.2, -0.15) is 0 Å². The number of fused-ring (bicyclic) bond motifs is 7. The van der Waals surface area contributed by atoms with E-state index < -0.39 is 5.97 Å². The van der Waals surface area contributed by atoms with E-state index in [0.717, 1.165) is 42.4 Å². The first-order valence-electron chi connectivity index (χ1n) is 13.6. The molecule has 6 atom stereocenters. The van der Waals surface area contributed by atoms with Crippen LogP contribution in [0.1, 0.15) is 86.5 Å². The fourth-order valence-corrected chi connectivity index (χ4v) is 8.84. The van der Waals surface area contributed by atoms with Gasteiger partial charge in [0, 0.05) is 16.5 Å². The van der Waals surface area contributed by atoms with E-state index in [1.807, 2.05) is 6.92 Å². The lowest BCUT2D eigenvalue weighted by Crippen LogP contribution is -2.63. The maximum absolute atomic E-state index is 13.2. The first-order valence-corrected chi connectivity index (χ1v) is 13.6. The number of carbonyl (C=O) groups excluding carboxylic acids is 2. The second-order valence-corrected chi connectivity index (χ2v) is 13.5. The third-order valence-corrected chi connectivity index (χ3v) is 11.4. The van der Waals surface area contributed by atoms with Crippen molar-refractivity contribution in [1.82, 2.24) is 0 Å². The lowest BCUT2D eigenvalue weighted by molar-refractivity contribution is -0.150. The van der Waals surface area contributed by atoms with Gasteiger partial charge in [-0.25, -0.2) is 4.79 Å². The number of ketones is 1. The van der Waals surface area contributed by atoms with E-state index in [4.69, 9.17) is 10.5 Å². The number of hydrogen-bond acceptors (Lipinski definition) is 5. The molecular weight excluding hydrogens is 450 g/mol. The molecule has 0 heterocycles. The van der Waals surface area contributed by atoms with Gasteiger partial charge in [-0.3, -0.25) is 4.79 Å². The third kappa shape index (κ3) is 3.37. The minimum Gasteiger partial charge on any atom is -0.477 e. The molecular formula is C31H43NO4. The molecule has 5 aliphatic rings. The number of carbonyl (C=O) groups is 2. The molecule has 196 valence electrons. The number of methoxy groups -OCH3 is 1. The van der Waals surface area contributed by atoms with Gasteiger partial charge in [-0.05, 0) is 98.2 Å². The fourth-order valence-electron chi connectivity index (χ4n) is 8.84. The molecule has 36 heavy (non-hydrogen) atoms. The highest BCUT2D eigenvalue weighted by atomic mass is 16.6. The molecule has 0 spiro atoms. The Morgan fingerprint density at radius 2 is 1.72 bits per heavy atom. The Bertz CT molecular complexity index is 1160. The molecule has 0 bridgehead atoms. The van der Waals surface area contributed by atoms with Crippen molar-refractivity contribution in [2.75, 3.05) is 13.7 Å². The zero-order valence-corrected chi connectivity index (χ0v) is 23.2. The maximum Gasteiger partial charge on any atom is 0.343 e. The standard InChI is InChI=1S/C31H43NO4/c1-19-20-8-9-23-29(4,21(20)16-22(33)26(19)36-18-25(34)35-7)13-15-31(6)24-17-28(3,32)12-10-27(24,2)11-14-30(23,31)5/h8-9,16,24H,10-15,17-18,32H2,1-7H3/t24-,27-,28-,29+,30-,31+/m1/s1. The first-order chi connectivity index (χ1) is 16.7. The second-order valence-electron chi connectivity index (χ2n) is 13.5. The number of nitrogens with two attached hydrogens (primary N) is 1. The summed E-state index contributed by atoms with van der Waals surface area (Å²) in [5.74, 6) is 0.183. The number of hydrogen-bond donors (Lipinski definition) is 1. The summed E-state index contributed by atoms with van der Waals surface area (Å²) in [5, 5.41) is 0. The van der Waals surface area contributed by atoms with Gasteiger partial charge in [0.25, 0.3) is 0 Å². The molecule has 3 saturated carbocycles. The SMILES string of the molecule is COC(=O)COC1=C(C)C2=CC=C3[C@@](C)(CC[C@@]4(C)[C@@H]5C[C@](C)(N)CC[C@]5(C)CC[C@]34C)C2=CC1=O. The number of allylic oxidation sites excluding steroid dienone is 7. The molecule has 0 aromatic rings. The largest absolute Gasteiger partial charge is 0.477 e. The Hall–Kier alpha value is -2.14. The van der Waals surface area contributed by atoms with Crippen molar-refractivity contribution in [3.8, 4) is 0 Å². The Balaban J connectivity index is 1.57. The van der Waals surface area contributed by atoms with Crippen LogP contribution in [0, 0.1) is 27.6 Å². The van der Waals surface area contributed by atoms with Gasteiger partial charge in [0.2, 0.25) is 5.78 Å². The number of rotatable bonds is 3. The van der Waals surface area contributed by atoms with Crippen LogP contribution in [-0.2, 0) is 19.1 Å². The normalized spacial score (nSPS) is 43.7. The van der Waals surface area contributed by atoms with Crippen LogP contribution < -0.4 is 5.73 Å². The zero-order chi connectivity index (χ0) is 26.3.